The van der Waals surface area contributed by atoms with Crippen molar-refractivity contribution in [3.8, 4) is 6.07 Å². The Bertz CT molecular complexity index is 710. The van der Waals surface area contributed by atoms with Gasteiger partial charge in [0.1, 0.15) is 6.33 Å². The van der Waals surface area contributed by atoms with Crippen LogP contribution in [0.2, 0.25) is 0 Å². The van der Waals surface area contributed by atoms with E-state index in [1.54, 1.807) is 24.3 Å². The molecule has 0 aliphatic carbocycles. The number of hydrogen-bond donors (Lipinski definition) is 2. The van der Waals surface area contributed by atoms with E-state index in [9.17, 15) is 10.1 Å². The molecular weight excluding hydrogens is 272 g/mol. The highest BCUT2D eigenvalue weighted by Crippen LogP contribution is 2.30. The van der Waals surface area contributed by atoms with E-state index in [1.807, 2.05) is 13.0 Å². The van der Waals surface area contributed by atoms with E-state index in [4.69, 9.17) is 5.26 Å². The third-order valence-electron chi connectivity index (χ3n) is 2.60. The number of nitrogens with one attached hydrogen (secondary N) is 2. The number of nitriles is 1. The lowest BCUT2D eigenvalue weighted by molar-refractivity contribution is -0.383. The van der Waals surface area contributed by atoms with Crippen molar-refractivity contribution in [3.63, 3.8) is 0 Å². The van der Waals surface area contributed by atoms with E-state index in [2.05, 4.69) is 20.6 Å². The maximum Gasteiger partial charge on any atom is 0.353 e. The fraction of sp³-hybridized carbons (Fsp3) is 0.154. The van der Waals surface area contributed by atoms with Crippen molar-refractivity contribution in [2.24, 2.45) is 0 Å². The molecule has 2 N–H and O–H groups in total. The van der Waals surface area contributed by atoms with Crippen molar-refractivity contribution in [1.82, 2.24) is 9.97 Å². The summed E-state index contributed by atoms with van der Waals surface area (Å²) in [5.74, 6) is 0.220. The van der Waals surface area contributed by atoms with Gasteiger partial charge in [-0.15, -0.1) is 0 Å². The van der Waals surface area contributed by atoms with Crippen LogP contribution in [0.3, 0.4) is 0 Å². The van der Waals surface area contributed by atoms with Gasteiger partial charge in [0, 0.05) is 12.2 Å². The molecule has 0 saturated carbocycles. The first-order chi connectivity index (χ1) is 10.2. The van der Waals surface area contributed by atoms with Crippen molar-refractivity contribution in [1.29, 1.82) is 5.26 Å². The molecule has 8 heteroatoms. The molecule has 2 aromatic rings. The van der Waals surface area contributed by atoms with Gasteiger partial charge in [0.2, 0.25) is 11.6 Å². The van der Waals surface area contributed by atoms with Gasteiger partial charge in [-0.05, 0) is 25.1 Å². The number of anilines is 3. The highest BCUT2D eigenvalue weighted by molar-refractivity contribution is 5.74. The number of aromatic nitrogens is 2. The smallest absolute Gasteiger partial charge is 0.353 e. The first-order valence-electron chi connectivity index (χ1n) is 6.16. The largest absolute Gasteiger partial charge is 0.364 e. The molecule has 2 rings (SSSR count). The molecule has 0 spiro atoms. The third-order valence-corrected chi connectivity index (χ3v) is 2.60. The maximum absolute atomic E-state index is 11.2. The van der Waals surface area contributed by atoms with Crippen LogP contribution in [0.5, 0.6) is 0 Å². The molecule has 0 aliphatic rings. The molecule has 0 atom stereocenters. The van der Waals surface area contributed by atoms with Crippen molar-refractivity contribution >= 4 is 23.0 Å². The van der Waals surface area contributed by atoms with E-state index in [1.165, 1.54) is 6.33 Å². The minimum Gasteiger partial charge on any atom is -0.364 e. The topological polar surface area (TPSA) is 117 Å². The van der Waals surface area contributed by atoms with E-state index < -0.39 is 4.92 Å². The Balaban J connectivity index is 2.41. The number of hydrogen-bond acceptors (Lipinski definition) is 7. The van der Waals surface area contributed by atoms with Gasteiger partial charge in [-0.1, -0.05) is 6.07 Å². The Morgan fingerprint density at radius 2 is 2.14 bits per heavy atom. The summed E-state index contributed by atoms with van der Waals surface area (Å²) in [6.07, 6.45) is 1.24. The van der Waals surface area contributed by atoms with Crippen LogP contribution in [-0.4, -0.2) is 21.4 Å². The molecule has 106 valence electrons. The minimum absolute atomic E-state index is 0.0704. The van der Waals surface area contributed by atoms with Gasteiger partial charge in [0.15, 0.2) is 0 Å². The van der Waals surface area contributed by atoms with Gasteiger partial charge in [0.25, 0.3) is 0 Å². The summed E-state index contributed by atoms with van der Waals surface area (Å²) >= 11 is 0. The van der Waals surface area contributed by atoms with Crippen LogP contribution >= 0.6 is 0 Å². The Morgan fingerprint density at radius 1 is 1.38 bits per heavy atom. The molecule has 0 saturated heterocycles. The molecule has 1 aromatic carbocycles. The van der Waals surface area contributed by atoms with Crippen LogP contribution in [0.25, 0.3) is 0 Å². The molecule has 1 heterocycles. The van der Waals surface area contributed by atoms with Crippen molar-refractivity contribution in [2.45, 2.75) is 6.92 Å². The van der Waals surface area contributed by atoms with Gasteiger partial charge >= 0.3 is 5.69 Å². The summed E-state index contributed by atoms with van der Waals surface area (Å²) < 4.78 is 0. The van der Waals surface area contributed by atoms with Crippen molar-refractivity contribution in [3.05, 3.63) is 46.3 Å². The second-order valence-electron chi connectivity index (χ2n) is 4.02. The molecule has 1 aromatic heterocycles. The Labute approximate surface area is 120 Å². The lowest BCUT2D eigenvalue weighted by Crippen LogP contribution is -2.07. The molecule has 0 radical (unpaired) electrons. The molecule has 21 heavy (non-hydrogen) atoms. The Hall–Kier alpha value is -3.21. The fourth-order valence-corrected chi connectivity index (χ4v) is 1.74. The molecule has 0 aliphatic heterocycles. The van der Waals surface area contributed by atoms with E-state index in [0.29, 0.717) is 17.8 Å². The highest BCUT2D eigenvalue weighted by Gasteiger charge is 2.22. The van der Waals surface area contributed by atoms with Crippen LogP contribution in [0.4, 0.5) is 23.0 Å². The zero-order valence-electron chi connectivity index (χ0n) is 11.2. The lowest BCUT2D eigenvalue weighted by Gasteiger charge is -2.09. The molecule has 0 fully saturated rings. The summed E-state index contributed by atoms with van der Waals surface area (Å²) in [5, 5.41) is 25.8. The van der Waals surface area contributed by atoms with Crippen molar-refractivity contribution in [2.75, 3.05) is 17.2 Å². The molecule has 0 bridgehead atoms. The monoisotopic (exact) mass is 284 g/mol. The summed E-state index contributed by atoms with van der Waals surface area (Å²) in [5.41, 5.74) is 0.753. The molecule has 8 nitrogen and oxygen atoms in total. The van der Waals surface area contributed by atoms with Crippen LogP contribution in [0.1, 0.15) is 12.5 Å². The van der Waals surface area contributed by atoms with Gasteiger partial charge in [-0.2, -0.15) is 5.26 Å². The van der Waals surface area contributed by atoms with E-state index >= 15 is 0 Å². The summed E-state index contributed by atoms with van der Waals surface area (Å²) in [6.45, 7) is 2.32. The van der Waals surface area contributed by atoms with E-state index in [0.717, 1.165) is 0 Å². The zero-order chi connectivity index (χ0) is 15.2. The Kier molecular flexibility index (Phi) is 4.26. The first kappa shape index (κ1) is 14.2. The molecule has 0 unspecified atom stereocenters. The lowest BCUT2D eigenvalue weighted by atomic mass is 10.2. The van der Waals surface area contributed by atoms with E-state index in [-0.39, 0.29) is 17.3 Å². The quantitative estimate of drug-likeness (QED) is 0.639. The van der Waals surface area contributed by atoms with Crippen LogP contribution in [0.15, 0.2) is 30.6 Å². The van der Waals surface area contributed by atoms with Crippen LogP contribution in [-0.2, 0) is 0 Å². The standard InChI is InChI=1S/C13H12N6O2/c1-2-15-12-11(19(20)21)13(17-8-16-12)18-10-5-3-4-9(6-10)7-14/h3-6,8H,2H2,1H3,(H2,15,16,17,18). The Morgan fingerprint density at radius 3 is 2.81 bits per heavy atom. The second kappa shape index (κ2) is 6.29. The maximum atomic E-state index is 11.2. The number of nitrogens with zero attached hydrogens (tertiary/aromatic N) is 4. The van der Waals surface area contributed by atoms with Gasteiger partial charge in [0.05, 0.1) is 16.6 Å². The highest BCUT2D eigenvalue weighted by atomic mass is 16.6. The number of nitro groups is 1. The summed E-state index contributed by atoms with van der Waals surface area (Å²) in [6, 6.07) is 8.60. The molecule has 0 amide bonds. The van der Waals surface area contributed by atoms with Gasteiger partial charge in [-0.25, -0.2) is 9.97 Å². The summed E-state index contributed by atoms with van der Waals surface area (Å²) in [7, 11) is 0. The predicted octanol–water partition coefficient (Wildman–Crippen LogP) is 2.43. The second-order valence-corrected chi connectivity index (χ2v) is 4.02. The number of benzene rings is 1. The third kappa shape index (κ3) is 3.22. The SMILES string of the molecule is CCNc1ncnc(Nc2cccc(C#N)c2)c1[N+](=O)[O-]. The average molecular weight is 284 g/mol. The number of rotatable bonds is 5. The summed E-state index contributed by atoms with van der Waals surface area (Å²) in [4.78, 5) is 18.5. The zero-order valence-corrected chi connectivity index (χ0v) is 11.2. The van der Waals surface area contributed by atoms with Crippen LogP contribution < -0.4 is 10.6 Å². The fourth-order valence-electron chi connectivity index (χ4n) is 1.74. The van der Waals surface area contributed by atoms with Crippen molar-refractivity contribution < 1.29 is 4.92 Å². The van der Waals surface area contributed by atoms with Crippen LogP contribution in [0, 0.1) is 21.4 Å². The molecular formula is C13H12N6O2. The first-order valence-corrected chi connectivity index (χ1v) is 6.16. The predicted molar refractivity (Wildman–Crippen MR) is 77.3 cm³/mol. The van der Waals surface area contributed by atoms with Gasteiger partial charge in [-0.3, -0.25) is 10.1 Å². The minimum atomic E-state index is -0.547. The normalized spacial score (nSPS) is 9.71. The van der Waals surface area contributed by atoms with Gasteiger partial charge < -0.3 is 10.6 Å². The average Bonchev–Trinajstić information content (AvgIpc) is 2.47.